The SMILES string of the molecule is COc1cc(C)c(-c2nc3ccccc3c(=O)n2N=Cc2cc(Cl)ccc2OC(C)=O)cc1C(C)C. The molecule has 4 aromatic rings. The molecule has 0 aliphatic carbocycles. The minimum absolute atomic E-state index is 0.182. The number of esters is 1. The van der Waals surface area contributed by atoms with Crippen LogP contribution in [0.4, 0.5) is 0 Å². The lowest BCUT2D eigenvalue weighted by Gasteiger charge is -2.17. The summed E-state index contributed by atoms with van der Waals surface area (Å²) < 4.78 is 12.1. The van der Waals surface area contributed by atoms with Gasteiger partial charge in [-0.15, -0.1) is 0 Å². The molecular formula is C28H26ClN3O4. The van der Waals surface area contributed by atoms with Gasteiger partial charge in [0.2, 0.25) is 0 Å². The van der Waals surface area contributed by atoms with Gasteiger partial charge in [-0.2, -0.15) is 9.78 Å². The zero-order chi connectivity index (χ0) is 26.0. The maximum atomic E-state index is 13.6. The van der Waals surface area contributed by atoms with Gasteiger partial charge in [-0.25, -0.2) is 4.98 Å². The standard InChI is InChI=1S/C28H26ClN3O4/c1-16(2)22-14-23(17(3)12-26(22)35-5)27-31-24-9-7-6-8-21(24)28(34)32(27)30-15-19-13-20(29)10-11-25(19)36-18(4)33/h6-16H,1-5H3. The number of ether oxygens (including phenoxy) is 2. The summed E-state index contributed by atoms with van der Waals surface area (Å²) in [6.07, 6.45) is 1.44. The van der Waals surface area contributed by atoms with E-state index in [9.17, 15) is 9.59 Å². The highest BCUT2D eigenvalue weighted by molar-refractivity contribution is 6.31. The number of carbonyl (C=O) groups excluding carboxylic acids is 1. The largest absolute Gasteiger partial charge is 0.496 e. The summed E-state index contributed by atoms with van der Waals surface area (Å²) in [5, 5.41) is 5.37. The first-order chi connectivity index (χ1) is 17.2. The van der Waals surface area contributed by atoms with Crippen LogP contribution in [-0.2, 0) is 4.79 Å². The molecule has 0 saturated heterocycles. The highest BCUT2D eigenvalue weighted by atomic mass is 35.5. The number of halogens is 1. The van der Waals surface area contributed by atoms with Crippen molar-refractivity contribution in [2.45, 2.75) is 33.6 Å². The van der Waals surface area contributed by atoms with Gasteiger partial charge >= 0.3 is 5.97 Å². The molecule has 0 bridgehead atoms. The van der Waals surface area contributed by atoms with E-state index in [4.69, 9.17) is 26.1 Å². The summed E-state index contributed by atoms with van der Waals surface area (Å²) in [5.74, 6) is 1.14. The first-order valence-electron chi connectivity index (χ1n) is 11.4. The molecule has 1 heterocycles. The lowest BCUT2D eigenvalue weighted by atomic mass is 9.96. The van der Waals surface area contributed by atoms with Crippen molar-refractivity contribution in [2.75, 3.05) is 7.11 Å². The van der Waals surface area contributed by atoms with E-state index in [-0.39, 0.29) is 17.2 Å². The number of rotatable bonds is 6. The molecule has 7 nitrogen and oxygen atoms in total. The Morgan fingerprint density at radius 3 is 2.56 bits per heavy atom. The molecule has 8 heteroatoms. The molecule has 3 aromatic carbocycles. The molecular weight excluding hydrogens is 478 g/mol. The average molecular weight is 504 g/mol. The average Bonchev–Trinajstić information content (AvgIpc) is 2.84. The van der Waals surface area contributed by atoms with Gasteiger partial charge in [0, 0.05) is 23.1 Å². The van der Waals surface area contributed by atoms with Crippen LogP contribution in [0.3, 0.4) is 0 Å². The van der Waals surface area contributed by atoms with E-state index in [0.717, 1.165) is 22.4 Å². The smallest absolute Gasteiger partial charge is 0.308 e. The van der Waals surface area contributed by atoms with Crippen molar-refractivity contribution < 1.29 is 14.3 Å². The number of carbonyl (C=O) groups is 1. The molecule has 0 spiro atoms. The number of nitrogens with zero attached hydrogens (tertiary/aromatic N) is 3. The topological polar surface area (TPSA) is 82.8 Å². The summed E-state index contributed by atoms with van der Waals surface area (Å²) >= 11 is 6.17. The van der Waals surface area contributed by atoms with Crippen LogP contribution in [0.1, 0.15) is 43.4 Å². The Morgan fingerprint density at radius 2 is 1.86 bits per heavy atom. The fourth-order valence-electron chi connectivity index (χ4n) is 3.96. The Kier molecular flexibility index (Phi) is 7.22. The first kappa shape index (κ1) is 25.1. The van der Waals surface area contributed by atoms with E-state index in [1.807, 2.05) is 25.1 Å². The van der Waals surface area contributed by atoms with Crippen LogP contribution in [0.25, 0.3) is 22.3 Å². The fourth-order valence-corrected chi connectivity index (χ4v) is 4.14. The molecule has 0 aliphatic rings. The van der Waals surface area contributed by atoms with Gasteiger partial charge in [0.05, 0.1) is 24.2 Å². The second-order valence-corrected chi connectivity index (χ2v) is 9.09. The quantitative estimate of drug-likeness (QED) is 0.184. The zero-order valence-electron chi connectivity index (χ0n) is 20.7. The molecule has 0 saturated carbocycles. The van der Waals surface area contributed by atoms with Crippen molar-refractivity contribution in [1.29, 1.82) is 0 Å². The van der Waals surface area contributed by atoms with Crippen molar-refractivity contribution in [2.24, 2.45) is 5.10 Å². The van der Waals surface area contributed by atoms with Gasteiger partial charge in [0.1, 0.15) is 11.5 Å². The van der Waals surface area contributed by atoms with Crippen LogP contribution in [0, 0.1) is 6.92 Å². The number of para-hydroxylation sites is 1. The van der Waals surface area contributed by atoms with Crippen LogP contribution < -0.4 is 15.0 Å². The molecule has 0 fully saturated rings. The Morgan fingerprint density at radius 1 is 1.11 bits per heavy atom. The van der Waals surface area contributed by atoms with E-state index >= 15 is 0 Å². The van der Waals surface area contributed by atoms with E-state index in [1.165, 1.54) is 17.8 Å². The van der Waals surface area contributed by atoms with Crippen LogP contribution in [-0.4, -0.2) is 29.0 Å². The number of hydrogen-bond acceptors (Lipinski definition) is 6. The lowest BCUT2D eigenvalue weighted by Crippen LogP contribution is -2.21. The zero-order valence-corrected chi connectivity index (χ0v) is 21.5. The molecule has 184 valence electrons. The van der Waals surface area contributed by atoms with Crippen molar-refractivity contribution in [3.8, 4) is 22.9 Å². The van der Waals surface area contributed by atoms with E-state index in [2.05, 4.69) is 18.9 Å². The third-order valence-corrected chi connectivity index (χ3v) is 5.97. The van der Waals surface area contributed by atoms with Gasteiger partial charge < -0.3 is 9.47 Å². The molecule has 4 rings (SSSR count). The summed E-state index contributed by atoms with van der Waals surface area (Å²) in [6, 6.07) is 15.9. The number of aromatic nitrogens is 2. The number of aryl methyl sites for hydroxylation is 1. The first-order valence-corrected chi connectivity index (χ1v) is 11.8. The fraction of sp³-hybridized carbons (Fsp3) is 0.214. The molecule has 36 heavy (non-hydrogen) atoms. The molecule has 0 amide bonds. The summed E-state index contributed by atoms with van der Waals surface area (Å²) in [6.45, 7) is 7.40. The third-order valence-electron chi connectivity index (χ3n) is 5.73. The van der Waals surface area contributed by atoms with Crippen LogP contribution >= 0.6 is 11.6 Å². The summed E-state index contributed by atoms with van der Waals surface area (Å²) in [4.78, 5) is 30.0. The Hall–Kier alpha value is -3.97. The normalized spacial score (nSPS) is 11.4. The van der Waals surface area contributed by atoms with Crippen molar-refractivity contribution >= 4 is 34.7 Å². The maximum Gasteiger partial charge on any atom is 0.308 e. The molecule has 0 unspecified atom stereocenters. The number of methoxy groups -OCH3 is 1. The summed E-state index contributed by atoms with van der Waals surface area (Å²) in [7, 11) is 1.64. The number of fused-ring (bicyclic) bond motifs is 1. The minimum Gasteiger partial charge on any atom is -0.496 e. The second-order valence-electron chi connectivity index (χ2n) is 8.65. The molecule has 0 atom stereocenters. The van der Waals surface area contributed by atoms with Crippen LogP contribution in [0.2, 0.25) is 5.02 Å². The van der Waals surface area contributed by atoms with Crippen molar-refractivity contribution in [1.82, 2.24) is 9.66 Å². The van der Waals surface area contributed by atoms with Gasteiger partial charge in [0.25, 0.3) is 5.56 Å². The Balaban J connectivity index is 1.98. The van der Waals surface area contributed by atoms with Crippen LogP contribution in [0.15, 0.2) is 64.5 Å². The van der Waals surface area contributed by atoms with Gasteiger partial charge in [-0.1, -0.05) is 37.6 Å². The van der Waals surface area contributed by atoms with E-state index < -0.39 is 5.97 Å². The summed E-state index contributed by atoms with van der Waals surface area (Å²) in [5.41, 5.74) is 3.30. The molecule has 0 N–H and O–H groups in total. The lowest BCUT2D eigenvalue weighted by molar-refractivity contribution is -0.131. The van der Waals surface area contributed by atoms with E-state index in [1.54, 1.807) is 43.5 Å². The van der Waals surface area contributed by atoms with Crippen molar-refractivity contribution in [3.05, 3.63) is 86.7 Å². The number of hydrogen-bond donors (Lipinski definition) is 0. The molecule has 0 radical (unpaired) electrons. The predicted molar refractivity (Wildman–Crippen MR) is 143 cm³/mol. The highest BCUT2D eigenvalue weighted by Crippen LogP contribution is 2.34. The third kappa shape index (κ3) is 5.02. The molecule has 0 aliphatic heterocycles. The second kappa shape index (κ2) is 10.3. The Bertz CT molecular complexity index is 1560. The molecule has 1 aromatic heterocycles. The van der Waals surface area contributed by atoms with Gasteiger partial charge in [-0.3, -0.25) is 9.59 Å². The maximum absolute atomic E-state index is 13.6. The monoisotopic (exact) mass is 503 g/mol. The highest BCUT2D eigenvalue weighted by Gasteiger charge is 2.18. The van der Waals surface area contributed by atoms with Crippen LogP contribution in [0.5, 0.6) is 11.5 Å². The number of benzene rings is 3. The Labute approximate surface area is 214 Å². The predicted octanol–water partition coefficient (Wildman–Crippen LogP) is 5.96. The van der Waals surface area contributed by atoms with Crippen molar-refractivity contribution in [3.63, 3.8) is 0 Å². The van der Waals surface area contributed by atoms with Gasteiger partial charge in [0.15, 0.2) is 5.82 Å². The van der Waals surface area contributed by atoms with Gasteiger partial charge in [-0.05, 0) is 66.4 Å². The minimum atomic E-state index is -0.479. The van der Waals surface area contributed by atoms with E-state index in [0.29, 0.717) is 27.3 Å².